The predicted molar refractivity (Wildman–Crippen MR) is 125 cm³/mol. The standard InChI is InChI=1S/C24H22FN5OS/c1-15-2-7-20-21(14-15)32-24(26-20)27-23(31)17-10-12-30(13-11-17)22-9-8-19(28-29-22)16-3-5-18(25)6-4-16/h2-9,14,17H,10-13H2,1H3,(H,26,27,31). The minimum atomic E-state index is -0.275. The van der Waals surface area contributed by atoms with E-state index in [4.69, 9.17) is 0 Å². The van der Waals surface area contributed by atoms with E-state index >= 15 is 0 Å². The zero-order valence-corrected chi connectivity index (χ0v) is 18.4. The Morgan fingerprint density at radius 1 is 1.06 bits per heavy atom. The lowest BCUT2D eigenvalue weighted by Crippen LogP contribution is -2.38. The predicted octanol–water partition coefficient (Wildman–Crippen LogP) is 5.06. The van der Waals surface area contributed by atoms with Crippen LogP contribution in [0.25, 0.3) is 21.5 Å². The fourth-order valence-electron chi connectivity index (χ4n) is 3.93. The molecule has 1 aliphatic rings. The van der Waals surface area contributed by atoms with Crippen molar-refractivity contribution in [3.8, 4) is 11.3 Å². The van der Waals surface area contributed by atoms with E-state index in [9.17, 15) is 9.18 Å². The number of rotatable bonds is 4. The second kappa shape index (κ2) is 8.63. The van der Waals surface area contributed by atoms with Gasteiger partial charge in [0.2, 0.25) is 5.91 Å². The zero-order chi connectivity index (χ0) is 22.1. The van der Waals surface area contributed by atoms with Gasteiger partial charge in [-0.1, -0.05) is 17.4 Å². The Morgan fingerprint density at radius 2 is 1.84 bits per heavy atom. The van der Waals surface area contributed by atoms with Crippen molar-refractivity contribution in [1.29, 1.82) is 0 Å². The number of anilines is 2. The molecule has 0 atom stereocenters. The molecule has 2 aromatic heterocycles. The van der Waals surface area contributed by atoms with Gasteiger partial charge in [0.1, 0.15) is 5.82 Å². The van der Waals surface area contributed by atoms with Crippen LogP contribution in [0, 0.1) is 18.7 Å². The number of hydrogen-bond acceptors (Lipinski definition) is 6. The maximum atomic E-state index is 13.1. The summed E-state index contributed by atoms with van der Waals surface area (Å²) in [6.07, 6.45) is 1.49. The first kappa shape index (κ1) is 20.5. The fraction of sp³-hybridized carbons (Fsp3) is 0.250. The zero-order valence-electron chi connectivity index (χ0n) is 17.6. The maximum Gasteiger partial charge on any atom is 0.229 e. The van der Waals surface area contributed by atoms with E-state index in [0.717, 1.165) is 47.5 Å². The average Bonchev–Trinajstić information content (AvgIpc) is 3.21. The minimum absolute atomic E-state index is 0.0261. The van der Waals surface area contributed by atoms with Crippen LogP contribution in [0.15, 0.2) is 54.6 Å². The Bertz CT molecular complexity index is 1250. The van der Waals surface area contributed by atoms with Crippen LogP contribution in [0.1, 0.15) is 18.4 Å². The Hall–Kier alpha value is -3.39. The molecule has 4 aromatic rings. The Kier molecular flexibility index (Phi) is 5.53. The van der Waals surface area contributed by atoms with Gasteiger partial charge in [-0.3, -0.25) is 4.79 Å². The number of nitrogens with zero attached hydrogens (tertiary/aromatic N) is 4. The van der Waals surface area contributed by atoms with Gasteiger partial charge in [0.15, 0.2) is 10.9 Å². The number of thiazole rings is 1. The lowest BCUT2D eigenvalue weighted by atomic mass is 9.96. The van der Waals surface area contributed by atoms with Crippen LogP contribution in [0.3, 0.4) is 0 Å². The number of fused-ring (bicyclic) bond motifs is 1. The molecule has 5 rings (SSSR count). The molecule has 2 aromatic carbocycles. The molecule has 0 unspecified atom stereocenters. The molecule has 0 spiro atoms. The van der Waals surface area contributed by atoms with Crippen LogP contribution in [0.5, 0.6) is 0 Å². The van der Waals surface area contributed by atoms with Crippen molar-refractivity contribution in [3.63, 3.8) is 0 Å². The Balaban J connectivity index is 1.19. The summed E-state index contributed by atoms with van der Waals surface area (Å²) in [5.74, 6) is 0.490. The summed E-state index contributed by atoms with van der Waals surface area (Å²) >= 11 is 1.51. The first-order valence-corrected chi connectivity index (χ1v) is 11.4. The monoisotopic (exact) mass is 447 g/mol. The molecule has 1 fully saturated rings. The van der Waals surface area contributed by atoms with Crippen molar-refractivity contribution in [2.45, 2.75) is 19.8 Å². The highest BCUT2D eigenvalue weighted by molar-refractivity contribution is 7.22. The van der Waals surface area contributed by atoms with Crippen LogP contribution >= 0.6 is 11.3 Å². The lowest BCUT2D eigenvalue weighted by Gasteiger charge is -2.31. The van der Waals surface area contributed by atoms with E-state index in [2.05, 4.69) is 31.5 Å². The molecule has 0 aliphatic carbocycles. The molecule has 0 saturated carbocycles. The third kappa shape index (κ3) is 4.31. The van der Waals surface area contributed by atoms with Crippen molar-refractivity contribution in [2.24, 2.45) is 5.92 Å². The summed E-state index contributed by atoms with van der Waals surface area (Å²) in [6, 6.07) is 16.1. The largest absolute Gasteiger partial charge is 0.355 e. The first-order valence-electron chi connectivity index (χ1n) is 10.6. The number of piperidine rings is 1. The lowest BCUT2D eigenvalue weighted by molar-refractivity contribution is -0.120. The van der Waals surface area contributed by atoms with Crippen molar-refractivity contribution in [1.82, 2.24) is 15.2 Å². The van der Waals surface area contributed by atoms with Gasteiger partial charge < -0.3 is 10.2 Å². The highest BCUT2D eigenvalue weighted by atomic mass is 32.1. The van der Waals surface area contributed by atoms with Gasteiger partial charge in [0, 0.05) is 24.6 Å². The topological polar surface area (TPSA) is 71.0 Å². The van der Waals surface area contributed by atoms with Crippen LogP contribution < -0.4 is 10.2 Å². The number of amides is 1. The summed E-state index contributed by atoms with van der Waals surface area (Å²) in [6.45, 7) is 3.52. The molecule has 1 N–H and O–H groups in total. The number of nitrogens with one attached hydrogen (secondary N) is 1. The third-order valence-corrected chi connectivity index (χ3v) is 6.69. The second-order valence-electron chi connectivity index (χ2n) is 8.02. The van der Waals surface area contributed by atoms with Crippen molar-refractivity contribution in [3.05, 3.63) is 66.0 Å². The molecule has 162 valence electrons. The number of benzene rings is 2. The highest BCUT2D eigenvalue weighted by Gasteiger charge is 2.26. The molecular weight excluding hydrogens is 425 g/mol. The van der Waals surface area contributed by atoms with Gasteiger partial charge in [0.25, 0.3) is 0 Å². The molecule has 1 saturated heterocycles. The SMILES string of the molecule is Cc1ccc2nc(NC(=O)C3CCN(c4ccc(-c5ccc(F)cc5)nn4)CC3)sc2c1. The quantitative estimate of drug-likeness (QED) is 0.474. The first-order chi connectivity index (χ1) is 15.5. The number of aryl methyl sites for hydroxylation is 1. The van der Waals surface area contributed by atoms with Crippen LogP contribution in [0.4, 0.5) is 15.3 Å². The Labute approximate surface area is 189 Å². The van der Waals surface area contributed by atoms with E-state index in [-0.39, 0.29) is 17.6 Å². The van der Waals surface area contributed by atoms with E-state index in [1.807, 2.05) is 31.2 Å². The normalized spacial score (nSPS) is 14.6. The van der Waals surface area contributed by atoms with E-state index in [1.54, 1.807) is 12.1 Å². The summed E-state index contributed by atoms with van der Waals surface area (Å²) in [5.41, 5.74) is 3.62. The average molecular weight is 448 g/mol. The second-order valence-corrected chi connectivity index (χ2v) is 9.06. The number of carbonyl (C=O) groups excluding carboxylic acids is 1. The molecule has 1 aliphatic heterocycles. The van der Waals surface area contributed by atoms with Crippen molar-refractivity contribution >= 4 is 38.4 Å². The number of hydrogen-bond donors (Lipinski definition) is 1. The summed E-state index contributed by atoms with van der Waals surface area (Å²) in [5, 5.41) is 12.3. The smallest absolute Gasteiger partial charge is 0.229 e. The van der Waals surface area contributed by atoms with Crippen molar-refractivity contribution in [2.75, 3.05) is 23.3 Å². The van der Waals surface area contributed by atoms with Crippen LogP contribution in [-0.2, 0) is 4.79 Å². The summed E-state index contributed by atoms with van der Waals surface area (Å²) in [4.78, 5) is 19.4. The van der Waals surface area contributed by atoms with Gasteiger partial charge in [-0.15, -0.1) is 10.2 Å². The van der Waals surface area contributed by atoms with Gasteiger partial charge in [0.05, 0.1) is 15.9 Å². The third-order valence-electron chi connectivity index (χ3n) is 5.75. The maximum absolute atomic E-state index is 13.1. The summed E-state index contributed by atoms with van der Waals surface area (Å²) in [7, 11) is 0. The van der Waals surface area contributed by atoms with Gasteiger partial charge in [-0.2, -0.15) is 0 Å². The molecule has 3 heterocycles. The van der Waals surface area contributed by atoms with Crippen LogP contribution in [0.2, 0.25) is 0 Å². The van der Waals surface area contributed by atoms with Gasteiger partial charge in [-0.25, -0.2) is 9.37 Å². The molecule has 6 nitrogen and oxygen atoms in total. The highest BCUT2D eigenvalue weighted by Crippen LogP contribution is 2.29. The minimum Gasteiger partial charge on any atom is -0.355 e. The molecular formula is C24H22FN5OS. The Morgan fingerprint density at radius 3 is 2.56 bits per heavy atom. The fourth-order valence-corrected chi connectivity index (χ4v) is 4.90. The number of aromatic nitrogens is 3. The van der Waals surface area contributed by atoms with Gasteiger partial charge >= 0.3 is 0 Å². The molecule has 8 heteroatoms. The van der Waals surface area contributed by atoms with E-state index < -0.39 is 0 Å². The van der Waals surface area contributed by atoms with Gasteiger partial charge in [-0.05, 0) is 73.9 Å². The molecule has 32 heavy (non-hydrogen) atoms. The van der Waals surface area contributed by atoms with E-state index in [0.29, 0.717) is 10.8 Å². The number of carbonyl (C=O) groups is 1. The van der Waals surface area contributed by atoms with Crippen LogP contribution in [-0.4, -0.2) is 34.2 Å². The number of halogens is 1. The van der Waals surface area contributed by atoms with Crippen molar-refractivity contribution < 1.29 is 9.18 Å². The summed E-state index contributed by atoms with van der Waals surface area (Å²) < 4.78 is 14.2. The molecule has 0 bridgehead atoms. The molecule has 1 amide bonds. The molecule has 0 radical (unpaired) electrons. The van der Waals surface area contributed by atoms with E-state index in [1.165, 1.54) is 29.0 Å².